The molecule has 0 atom stereocenters. The summed E-state index contributed by atoms with van der Waals surface area (Å²) in [5, 5.41) is 3.19. The normalized spacial score (nSPS) is 9.81. The Morgan fingerprint density at radius 3 is 2.69 bits per heavy atom. The molecule has 2 aromatic rings. The Kier molecular flexibility index (Phi) is 3.38. The third kappa shape index (κ3) is 2.73. The number of nitrogens with zero attached hydrogens (tertiary/aromatic N) is 1. The molecule has 0 aliphatic heterocycles. The molecule has 0 fully saturated rings. The van der Waals surface area contributed by atoms with E-state index in [4.69, 9.17) is 4.74 Å². The van der Waals surface area contributed by atoms with Crippen LogP contribution >= 0.6 is 0 Å². The summed E-state index contributed by atoms with van der Waals surface area (Å²) in [5.41, 5.74) is 0.968. The number of aromatic nitrogens is 1. The van der Waals surface area contributed by atoms with Crippen molar-refractivity contribution in [2.45, 2.75) is 6.92 Å². The zero-order valence-corrected chi connectivity index (χ0v) is 9.18. The fraction of sp³-hybridized carbons (Fsp3) is 0.154. The number of hydrogen-bond donors (Lipinski definition) is 1. The van der Waals surface area contributed by atoms with Crippen molar-refractivity contribution < 1.29 is 4.74 Å². The molecule has 1 aromatic carbocycles. The van der Waals surface area contributed by atoms with Crippen LogP contribution in [0.5, 0.6) is 11.5 Å². The van der Waals surface area contributed by atoms with Crippen molar-refractivity contribution in [3.05, 3.63) is 48.8 Å². The van der Waals surface area contributed by atoms with E-state index in [1.54, 1.807) is 12.4 Å². The Hall–Kier alpha value is -2.03. The molecule has 0 saturated heterocycles. The predicted molar refractivity (Wildman–Crippen MR) is 64.9 cm³/mol. The lowest BCUT2D eigenvalue weighted by Crippen LogP contribution is -1.97. The van der Waals surface area contributed by atoms with Gasteiger partial charge in [0.05, 0.1) is 18.1 Å². The molecule has 1 N–H and O–H groups in total. The van der Waals surface area contributed by atoms with Gasteiger partial charge in [-0.2, -0.15) is 0 Å². The summed E-state index contributed by atoms with van der Waals surface area (Å²) >= 11 is 0. The highest BCUT2D eigenvalue weighted by Gasteiger charge is 1.98. The molecule has 0 bridgehead atoms. The molecule has 0 radical (unpaired) electrons. The van der Waals surface area contributed by atoms with Crippen molar-refractivity contribution in [1.29, 1.82) is 0 Å². The summed E-state index contributed by atoms with van der Waals surface area (Å²) in [6.45, 7) is 2.92. The molecule has 0 saturated carbocycles. The van der Waals surface area contributed by atoms with Gasteiger partial charge < -0.3 is 10.1 Å². The van der Waals surface area contributed by atoms with Gasteiger partial charge in [0.1, 0.15) is 11.5 Å². The third-order valence-corrected chi connectivity index (χ3v) is 2.07. The summed E-state index contributed by atoms with van der Waals surface area (Å²) in [5.74, 6) is 1.56. The number of nitrogens with one attached hydrogen (secondary N) is 1. The van der Waals surface area contributed by atoms with Gasteiger partial charge in [0.2, 0.25) is 0 Å². The Morgan fingerprint density at radius 2 is 1.94 bits per heavy atom. The van der Waals surface area contributed by atoms with Gasteiger partial charge >= 0.3 is 0 Å². The zero-order chi connectivity index (χ0) is 11.2. The molecule has 0 aliphatic rings. The van der Waals surface area contributed by atoms with Gasteiger partial charge in [0.15, 0.2) is 0 Å². The monoisotopic (exact) mass is 214 g/mol. The van der Waals surface area contributed by atoms with Gasteiger partial charge in [-0.05, 0) is 19.1 Å². The maximum Gasteiger partial charge on any atom is 0.147 e. The van der Waals surface area contributed by atoms with Gasteiger partial charge in [-0.15, -0.1) is 0 Å². The highest BCUT2D eigenvalue weighted by atomic mass is 16.5. The van der Waals surface area contributed by atoms with Crippen LogP contribution in [-0.4, -0.2) is 11.5 Å². The van der Waals surface area contributed by atoms with Gasteiger partial charge in [-0.3, -0.25) is 4.98 Å². The highest BCUT2D eigenvalue weighted by Crippen LogP contribution is 2.22. The van der Waals surface area contributed by atoms with Crippen molar-refractivity contribution in [2.75, 3.05) is 11.9 Å². The van der Waals surface area contributed by atoms with Crippen LogP contribution in [0.2, 0.25) is 0 Å². The minimum Gasteiger partial charge on any atom is -0.456 e. The van der Waals surface area contributed by atoms with Crippen LogP contribution in [-0.2, 0) is 0 Å². The van der Waals surface area contributed by atoms with Crippen LogP contribution in [0.25, 0.3) is 0 Å². The molecule has 0 unspecified atom stereocenters. The largest absolute Gasteiger partial charge is 0.456 e. The van der Waals surface area contributed by atoms with E-state index in [1.165, 1.54) is 0 Å². The van der Waals surface area contributed by atoms with Gasteiger partial charge in [-0.1, -0.05) is 18.2 Å². The molecule has 3 nitrogen and oxygen atoms in total. The Bertz CT molecular complexity index is 443. The number of hydrogen-bond acceptors (Lipinski definition) is 3. The number of para-hydroxylation sites is 1. The average molecular weight is 214 g/mol. The molecular weight excluding hydrogens is 200 g/mol. The van der Waals surface area contributed by atoms with E-state index >= 15 is 0 Å². The first-order valence-corrected chi connectivity index (χ1v) is 5.30. The molecule has 82 valence electrons. The lowest BCUT2D eigenvalue weighted by molar-refractivity contribution is 0.480. The molecule has 1 heterocycles. The second-order valence-corrected chi connectivity index (χ2v) is 3.35. The van der Waals surface area contributed by atoms with Crippen molar-refractivity contribution in [2.24, 2.45) is 0 Å². The Morgan fingerprint density at radius 1 is 1.12 bits per heavy atom. The maximum absolute atomic E-state index is 5.66. The SMILES string of the molecule is CCNc1cncc(Oc2ccccc2)c1. The number of pyridine rings is 1. The third-order valence-electron chi connectivity index (χ3n) is 2.07. The minimum atomic E-state index is 0.740. The van der Waals surface area contributed by atoms with Crippen LogP contribution in [0.15, 0.2) is 48.8 Å². The number of ether oxygens (including phenoxy) is 1. The van der Waals surface area contributed by atoms with Crippen molar-refractivity contribution in [3.63, 3.8) is 0 Å². The first-order chi connectivity index (χ1) is 7.88. The van der Waals surface area contributed by atoms with E-state index in [9.17, 15) is 0 Å². The summed E-state index contributed by atoms with van der Waals surface area (Å²) in [6, 6.07) is 11.6. The number of rotatable bonds is 4. The van der Waals surface area contributed by atoms with Crippen LogP contribution in [0, 0.1) is 0 Å². The van der Waals surface area contributed by atoms with Gasteiger partial charge in [-0.25, -0.2) is 0 Å². The highest BCUT2D eigenvalue weighted by molar-refractivity contribution is 5.46. The first-order valence-electron chi connectivity index (χ1n) is 5.30. The predicted octanol–water partition coefficient (Wildman–Crippen LogP) is 3.31. The molecule has 1 aromatic heterocycles. The second kappa shape index (κ2) is 5.16. The fourth-order valence-electron chi connectivity index (χ4n) is 1.40. The van der Waals surface area contributed by atoms with Gasteiger partial charge in [0, 0.05) is 12.6 Å². The molecule has 3 heteroatoms. The molecule has 16 heavy (non-hydrogen) atoms. The Balaban J connectivity index is 2.12. The van der Waals surface area contributed by atoms with E-state index < -0.39 is 0 Å². The fourth-order valence-corrected chi connectivity index (χ4v) is 1.40. The quantitative estimate of drug-likeness (QED) is 0.847. The number of benzene rings is 1. The van der Waals surface area contributed by atoms with E-state index in [0.29, 0.717) is 0 Å². The summed E-state index contributed by atoms with van der Waals surface area (Å²) in [6.07, 6.45) is 3.48. The summed E-state index contributed by atoms with van der Waals surface area (Å²) in [7, 11) is 0. The van der Waals surface area contributed by atoms with E-state index in [1.807, 2.05) is 43.3 Å². The molecular formula is C13H14N2O. The van der Waals surface area contributed by atoms with E-state index in [2.05, 4.69) is 10.3 Å². The van der Waals surface area contributed by atoms with Gasteiger partial charge in [0.25, 0.3) is 0 Å². The lowest BCUT2D eigenvalue weighted by atomic mass is 10.3. The van der Waals surface area contributed by atoms with Crippen molar-refractivity contribution in [1.82, 2.24) is 4.98 Å². The molecule has 0 aliphatic carbocycles. The topological polar surface area (TPSA) is 34.2 Å². The first kappa shape index (κ1) is 10.5. The van der Waals surface area contributed by atoms with Crippen LogP contribution in [0.4, 0.5) is 5.69 Å². The van der Waals surface area contributed by atoms with Crippen LogP contribution < -0.4 is 10.1 Å². The van der Waals surface area contributed by atoms with Crippen molar-refractivity contribution >= 4 is 5.69 Å². The minimum absolute atomic E-state index is 0.740. The Labute approximate surface area is 95.1 Å². The maximum atomic E-state index is 5.66. The van der Waals surface area contributed by atoms with E-state index in [-0.39, 0.29) is 0 Å². The van der Waals surface area contributed by atoms with E-state index in [0.717, 1.165) is 23.7 Å². The number of anilines is 1. The smallest absolute Gasteiger partial charge is 0.147 e. The molecule has 2 rings (SSSR count). The zero-order valence-electron chi connectivity index (χ0n) is 9.18. The summed E-state index contributed by atoms with van der Waals surface area (Å²) < 4.78 is 5.66. The van der Waals surface area contributed by atoms with Crippen LogP contribution in [0.1, 0.15) is 6.92 Å². The van der Waals surface area contributed by atoms with Crippen LogP contribution in [0.3, 0.4) is 0 Å². The lowest BCUT2D eigenvalue weighted by Gasteiger charge is -2.07. The van der Waals surface area contributed by atoms with Crippen molar-refractivity contribution in [3.8, 4) is 11.5 Å². The second-order valence-electron chi connectivity index (χ2n) is 3.35. The summed E-state index contributed by atoms with van der Waals surface area (Å²) in [4.78, 5) is 4.11. The molecule has 0 spiro atoms. The standard InChI is InChI=1S/C13H14N2O/c1-2-15-11-8-13(10-14-9-11)16-12-6-4-3-5-7-12/h3-10,15H,2H2,1H3. The molecule has 0 amide bonds. The average Bonchev–Trinajstić information content (AvgIpc) is 2.31.